The molecule has 3 nitrogen and oxygen atoms in total. The first kappa shape index (κ1) is 8.84. The van der Waals surface area contributed by atoms with Gasteiger partial charge in [0.05, 0.1) is 0 Å². The van der Waals surface area contributed by atoms with E-state index >= 15 is 0 Å². The minimum atomic E-state index is -0.583. The fourth-order valence-corrected chi connectivity index (χ4v) is 0. The summed E-state index contributed by atoms with van der Waals surface area (Å²) in [5.74, 6) is -0.583. The van der Waals surface area contributed by atoms with E-state index in [0.29, 0.717) is 0 Å². The molecular formula is CH4FeN3-. The van der Waals surface area contributed by atoms with Gasteiger partial charge in [-0.05, 0) is 5.96 Å². The molecule has 0 rings (SSSR count). The molecule has 0 aliphatic carbocycles. The Labute approximate surface area is 40.7 Å². The van der Waals surface area contributed by atoms with Crippen molar-refractivity contribution < 1.29 is 17.1 Å². The predicted molar refractivity (Wildman–Crippen MR) is 16.2 cm³/mol. The van der Waals surface area contributed by atoms with Gasteiger partial charge in [0.15, 0.2) is 0 Å². The van der Waals surface area contributed by atoms with Crippen molar-refractivity contribution in [2.24, 2.45) is 5.73 Å². The maximum Gasteiger partial charge on any atom is 0 e. The fraction of sp³-hybridized carbons (Fsp3) is 0. The van der Waals surface area contributed by atoms with Crippen LogP contribution in [0.2, 0.25) is 0 Å². The zero-order valence-corrected chi connectivity index (χ0v) is 3.54. The van der Waals surface area contributed by atoms with E-state index < -0.39 is 5.96 Å². The van der Waals surface area contributed by atoms with Crippen LogP contribution in [0.15, 0.2) is 0 Å². The molecule has 32 valence electrons. The van der Waals surface area contributed by atoms with Crippen LogP contribution in [0.3, 0.4) is 0 Å². The minimum absolute atomic E-state index is 0. The summed E-state index contributed by atoms with van der Waals surface area (Å²) in [5.41, 5.74) is 10.3. The third-order valence-electron chi connectivity index (χ3n) is 0. The molecule has 0 saturated carbocycles. The van der Waals surface area contributed by atoms with Crippen molar-refractivity contribution in [3.8, 4) is 0 Å². The number of nitrogens with two attached hydrogens (primary N) is 1. The zero-order valence-electron chi connectivity index (χ0n) is 2.43. The number of rotatable bonds is 0. The van der Waals surface area contributed by atoms with Gasteiger partial charge in [0.1, 0.15) is 0 Å². The second-order valence-corrected chi connectivity index (χ2v) is 0.414. The van der Waals surface area contributed by atoms with E-state index in [-0.39, 0.29) is 17.1 Å². The van der Waals surface area contributed by atoms with Crippen LogP contribution in [0, 0.1) is 5.41 Å². The van der Waals surface area contributed by atoms with E-state index in [1.54, 1.807) is 0 Å². The van der Waals surface area contributed by atoms with Crippen LogP contribution in [0.1, 0.15) is 0 Å². The second-order valence-electron chi connectivity index (χ2n) is 0.414. The second kappa shape index (κ2) is 3.79. The molecular weight excluding hydrogens is 110 g/mol. The molecule has 0 aliphatic heterocycles. The van der Waals surface area contributed by atoms with Gasteiger partial charge in [-0.15, -0.1) is 0 Å². The quantitative estimate of drug-likeness (QED) is 0.258. The molecule has 4 N–H and O–H groups in total. The summed E-state index contributed by atoms with van der Waals surface area (Å²) in [6, 6.07) is 0. The van der Waals surface area contributed by atoms with E-state index in [2.05, 4.69) is 5.73 Å². The van der Waals surface area contributed by atoms with Crippen LogP contribution in [0.25, 0.3) is 5.73 Å². The maximum absolute atomic E-state index is 5.94. The third-order valence-corrected chi connectivity index (χ3v) is 0. The van der Waals surface area contributed by atoms with Gasteiger partial charge in [-0.3, -0.25) is 0 Å². The monoisotopic (exact) mass is 114 g/mol. The molecule has 0 atom stereocenters. The first-order valence-electron chi connectivity index (χ1n) is 0.789. The van der Waals surface area contributed by atoms with Gasteiger partial charge in [0.25, 0.3) is 0 Å². The Bertz CT molecular complexity index is 29.9. The summed E-state index contributed by atoms with van der Waals surface area (Å²) in [4.78, 5) is 0. The fourth-order valence-electron chi connectivity index (χ4n) is 0. The average molecular weight is 114 g/mol. The number of guanidine groups is 1. The van der Waals surface area contributed by atoms with Gasteiger partial charge in [-0.2, -0.15) is 0 Å². The van der Waals surface area contributed by atoms with Gasteiger partial charge in [0.2, 0.25) is 0 Å². The van der Waals surface area contributed by atoms with Gasteiger partial charge < -0.3 is 16.9 Å². The van der Waals surface area contributed by atoms with E-state index in [1.165, 1.54) is 0 Å². The van der Waals surface area contributed by atoms with Crippen LogP contribution in [-0.2, 0) is 17.1 Å². The molecule has 0 aromatic heterocycles. The van der Waals surface area contributed by atoms with Crippen molar-refractivity contribution in [3.05, 3.63) is 5.73 Å². The molecule has 0 fully saturated rings. The summed E-state index contributed by atoms with van der Waals surface area (Å²) in [6.45, 7) is 0. The molecule has 0 radical (unpaired) electrons. The normalized spacial score (nSPS) is 4.80. The van der Waals surface area contributed by atoms with Crippen LogP contribution in [0.4, 0.5) is 0 Å². The Kier molecular flexibility index (Phi) is 6.70. The molecule has 0 aliphatic rings. The Morgan fingerprint density at radius 2 is 1.80 bits per heavy atom. The van der Waals surface area contributed by atoms with Gasteiger partial charge in [0, 0.05) is 17.1 Å². The molecule has 0 spiro atoms. The molecule has 0 bridgehead atoms. The van der Waals surface area contributed by atoms with E-state index in [0.717, 1.165) is 0 Å². The predicted octanol–water partition coefficient (Wildman–Crippen LogP) is -0.0704. The Morgan fingerprint density at radius 1 is 1.80 bits per heavy atom. The summed E-state index contributed by atoms with van der Waals surface area (Å²) in [5, 5.41) is 5.94. The zero-order chi connectivity index (χ0) is 3.58. The smallest absolute Gasteiger partial charge is 0 e. The molecule has 0 saturated heterocycles. The molecule has 5 heavy (non-hydrogen) atoms. The third kappa shape index (κ3) is 274. The standard InChI is InChI=1S/CH4N3.Fe/c2-1(3)4;/h(H4-,2,3,4);/q-1;. The van der Waals surface area contributed by atoms with E-state index in [1.807, 2.05) is 0 Å². The molecule has 0 aromatic rings. The van der Waals surface area contributed by atoms with Gasteiger partial charge >= 0.3 is 0 Å². The van der Waals surface area contributed by atoms with Gasteiger partial charge in [-0.1, -0.05) is 0 Å². The Morgan fingerprint density at radius 3 is 1.80 bits per heavy atom. The van der Waals surface area contributed by atoms with E-state index in [4.69, 9.17) is 11.1 Å². The summed E-state index contributed by atoms with van der Waals surface area (Å²) < 4.78 is 0. The Balaban J connectivity index is 0. The number of nitrogens with one attached hydrogen (secondary N) is 2. The summed E-state index contributed by atoms with van der Waals surface area (Å²) in [6.07, 6.45) is 0. The molecule has 0 unspecified atom stereocenters. The van der Waals surface area contributed by atoms with E-state index in [9.17, 15) is 0 Å². The average Bonchev–Trinajstić information content (AvgIpc) is 0.811. The summed E-state index contributed by atoms with van der Waals surface area (Å²) in [7, 11) is 0. The van der Waals surface area contributed by atoms with Crippen LogP contribution < -0.4 is 5.73 Å². The SMILES string of the molecule is N=C([NH-])N.[Fe]. The largest absolute Gasteiger partial charge is 0.454 e. The first-order valence-corrected chi connectivity index (χ1v) is 0.789. The maximum atomic E-state index is 5.94. The van der Waals surface area contributed by atoms with Crippen molar-refractivity contribution in [1.82, 2.24) is 0 Å². The number of hydrogen-bond donors (Lipinski definition) is 2. The molecule has 0 heterocycles. The minimum Gasteiger partial charge on any atom is -0.454 e. The topological polar surface area (TPSA) is 73.7 Å². The van der Waals surface area contributed by atoms with Crippen molar-refractivity contribution in [3.63, 3.8) is 0 Å². The van der Waals surface area contributed by atoms with Crippen molar-refractivity contribution in [2.45, 2.75) is 0 Å². The van der Waals surface area contributed by atoms with Gasteiger partial charge in [-0.25, -0.2) is 0 Å². The van der Waals surface area contributed by atoms with Crippen LogP contribution in [0.5, 0.6) is 0 Å². The number of hydrogen-bond acceptors (Lipinski definition) is 1. The molecule has 0 amide bonds. The van der Waals surface area contributed by atoms with Crippen molar-refractivity contribution >= 4 is 5.96 Å². The molecule has 0 aromatic carbocycles. The van der Waals surface area contributed by atoms with Crippen molar-refractivity contribution in [1.29, 1.82) is 5.41 Å². The van der Waals surface area contributed by atoms with Crippen LogP contribution >= 0.6 is 0 Å². The van der Waals surface area contributed by atoms with Crippen molar-refractivity contribution in [2.75, 3.05) is 0 Å². The molecule has 4 heteroatoms. The van der Waals surface area contributed by atoms with Crippen LogP contribution in [-0.4, -0.2) is 5.96 Å². The Hall–Kier alpha value is -0.211. The first-order chi connectivity index (χ1) is 1.73. The summed E-state index contributed by atoms with van der Waals surface area (Å²) >= 11 is 0.